The number of anilines is 1. The van der Waals surface area contributed by atoms with Crippen LogP contribution in [0.1, 0.15) is 41.3 Å². The Kier molecular flexibility index (Phi) is 6.12. The molecule has 0 radical (unpaired) electrons. The van der Waals surface area contributed by atoms with Crippen LogP contribution in [0.15, 0.2) is 42.5 Å². The largest absolute Gasteiger partial charge is 0.332 e. The van der Waals surface area contributed by atoms with Gasteiger partial charge < -0.3 is 5.32 Å². The number of rotatable bonds is 3. The predicted molar refractivity (Wildman–Crippen MR) is 108 cm³/mol. The average molecular weight is 438 g/mol. The molecule has 5 heteroatoms. The van der Waals surface area contributed by atoms with Crippen molar-refractivity contribution in [2.24, 2.45) is 0 Å². The number of hydrogen-bond acceptors (Lipinski definition) is 2. The summed E-state index contributed by atoms with van der Waals surface area (Å²) in [5.74, 6) is 0.236. The molecule has 0 unspecified atom stereocenters. The van der Waals surface area contributed by atoms with Crippen LogP contribution in [0, 0.1) is 10.5 Å². The summed E-state index contributed by atoms with van der Waals surface area (Å²) in [5.41, 5.74) is 3.77. The van der Waals surface area contributed by atoms with Crippen molar-refractivity contribution in [3.8, 4) is 0 Å². The summed E-state index contributed by atoms with van der Waals surface area (Å²) >= 11 is 7.49. The van der Waals surface area contributed by atoms with Gasteiger partial charge in [0.05, 0.1) is 0 Å². The van der Waals surface area contributed by atoms with Crippen LogP contribution in [0.4, 0.5) is 5.69 Å². The molecule has 120 valence electrons. The van der Waals surface area contributed by atoms with Gasteiger partial charge in [-0.3, -0.25) is 10.1 Å². The van der Waals surface area contributed by atoms with Crippen LogP contribution in [-0.2, 0) is 0 Å². The van der Waals surface area contributed by atoms with E-state index < -0.39 is 0 Å². The van der Waals surface area contributed by atoms with E-state index in [9.17, 15) is 4.79 Å². The summed E-state index contributed by atoms with van der Waals surface area (Å²) in [5, 5.41) is 6.08. The van der Waals surface area contributed by atoms with Gasteiger partial charge in [0.25, 0.3) is 5.91 Å². The Hall–Kier alpha value is -1.47. The molecule has 0 bridgehead atoms. The third-order valence-electron chi connectivity index (χ3n) is 3.50. The number of carbonyl (C=O) groups excluding carboxylic acids is 1. The Bertz CT molecular complexity index is 726. The highest BCUT2D eigenvalue weighted by atomic mass is 127. The van der Waals surface area contributed by atoms with E-state index in [0.717, 1.165) is 14.8 Å². The van der Waals surface area contributed by atoms with E-state index in [1.165, 1.54) is 5.56 Å². The zero-order valence-electron chi connectivity index (χ0n) is 13.3. The second-order valence-electron chi connectivity index (χ2n) is 5.64. The predicted octanol–water partition coefficient (Wildman–Crippen LogP) is 4.85. The second-order valence-corrected chi connectivity index (χ2v) is 7.30. The Morgan fingerprint density at radius 1 is 1.13 bits per heavy atom. The fourth-order valence-electron chi connectivity index (χ4n) is 2.12. The Morgan fingerprint density at radius 2 is 1.78 bits per heavy atom. The summed E-state index contributed by atoms with van der Waals surface area (Å²) in [4.78, 5) is 12.2. The van der Waals surface area contributed by atoms with E-state index in [0.29, 0.717) is 16.6 Å². The number of hydrogen-bond donors (Lipinski definition) is 2. The van der Waals surface area contributed by atoms with Crippen molar-refractivity contribution >= 4 is 51.5 Å². The smallest absolute Gasteiger partial charge is 0.257 e. The zero-order valence-corrected chi connectivity index (χ0v) is 16.3. The van der Waals surface area contributed by atoms with E-state index in [4.69, 9.17) is 12.2 Å². The van der Waals surface area contributed by atoms with E-state index in [1.54, 1.807) is 0 Å². The van der Waals surface area contributed by atoms with E-state index >= 15 is 0 Å². The average Bonchev–Trinajstić information content (AvgIpc) is 2.50. The summed E-state index contributed by atoms with van der Waals surface area (Å²) in [7, 11) is 0. The molecule has 0 heterocycles. The van der Waals surface area contributed by atoms with Crippen molar-refractivity contribution in [2.45, 2.75) is 26.7 Å². The van der Waals surface area contributed by atoms with Crippen molar-refractivity contribution in [1.82, 2.24) is 5.32 Å². The molecule has 3 nitrogen and oxygen atoms in total. The number of halogens is 1. The first-order valence-corrected chi connectivity index (χ1v) is 8.84. The van der Waals surface area contributed by atoms with Gasteiger partial charge in [-0.25, -0.2) is 0 Å². The highest BCUT2D eigenvalue weighted by Gasteiger charge is 2.09. The van der Waals surface area contributed by atoms with Crippen molar-refractivity contribution in [2.75, 3.05) is 5.32 Å². The molecule has 0 aliphatic rings. The molecule has 0 saturated carbocycles. The Balaban J connectivity index is 2.00. The lowest BCUT2D eigenvalue weighted by atomic mass is 10.0. The van der Waals surface area contributed by atoms with Gasteiger partial charge in [-0.15, -0.1) is 0 Å². The van der Waals surface area contributed by atoms with Crippen LogP contribution in [-0.4, -0.2) is 11.0 Å². The standard InChI is InChI=1S/C18H19IN2OS/c1-11(2)13-4-6-14(7-5-13)17(22)21-18(23)20-16-9-8-15(19)10-12(16)3/h4-11H,1-3H3,(H2,20,21,22,23). The minimum atomic E-state index is -0.207. The maximum atomic E-state index is 12.2. The number of amides is 1. The summed E-state index contributed by atoms with van der Waals surface area (Å²) in [6.45, 7) is 6.24. The first-order chi connectivity index (χ1) is 10.9. The zero-order chi connectivity index (χ0) is 17.0. The molecule has 0 spiro atoms. The molecule has 1 amide bonds. The van der Waals surface area contributed by atoms with Gasteiger partial charge in [-0.2, -0.15) is 0 Å². The van der Waals surface area contributed by atoms with Crippen LogP contribution < -0.4 is 10.6 Å². The number of nitrogens with one attached hydrogen (secondary N) is 2. The quantitative estimate of drug-likeness (QED) is 0.532. The Labute approximate surface area is 156 Å². The maximum absolute atomic E-state index is 12.2. The fourth-order valence-corrected chi connectivity index (χ4v) is 2.97. The summed E-state index contributed by atoms with van der Waals surface area (Å²) < 4.78 is 1.16. The lowest BCUT2D eigenvalue weighted by Crippen LogP contribution is -2.34. The van der Waals surface area contributed by atoms with Crippen LogP contribution in [0.3, 0.4) is 0 Å². The number of aryl methyl sites for hydroxylation is 1. The van der Waals surface area contributed by atoms with Gasteiger partial charge in [0.15, 0.2) is 5.11 Å². The molecule has 0 aromatic heterocycles. The van der Waals surface area contributed by atoms with E-state index in [-0.39, 0.29) is 5.91 Å². The molecule has 0 fully saturated rings. The topological polar surface area (TPSA) is 41.1 Å². The molecule has 0 aliphatic carbocycles. The fraction of sp³-hybridized carbons (Fsp3) is 0.222. The second kappa shape index (κ2) is 7.88. The first kappa shape index (κ1) is 17.9. The van der Waals surface area contributed by atoms with Gasteiger partial charge >= 0.3 is 0 Å². The van der Waals surface area contributed by atoms with Crippen LogP contribution >= 0.6 is 34.8 Å². The highest BCUT2D eigenvalue weighted by molar-refractivity contribution is 14.1. The number of thiocarbonyl (C=S) groups is 1. The highest BCUT2D eigenvalue weighted by Crippen LogP contribution is 2.18. The lowest BCUT2D eigenvalue weighted by molar-refractivity contribution is 0.0977. The molecule has 2 aromatic rings. The lowest BCUT2D eigenvalue weighted by Gasteiger charge is -2.12. The molecule has 2 aromatic carbocycles. The number of benzene rings is 2. The monoisotopic (exact) mass is 438 g/mol. The summed E-state index contributed by atoms with van der Waals surface area (Å²) in [6, 6.07) is 13.6. The number of carbonyl (C=O) groups is 1. The molecule has 0 saturated heterocycles. The van der Waals surface area contributed by atoms with Gasteiger partial charge in [0.2, 0.25) is 0 Å². The van der Waals surface area contributed by atoms with E-state index in [1.807, 2.05) is 43.3 Å². The third kappa shape index (κ3) is 5.00. The molecule has 2 N–H and O–H groups in total. The Morgan fingerprint density at radius 3 is 2.35 bits per heavy atom. The van der Waals surface area contributed by atoms with Crippen molar-refractivity contribution in [1.29, 1.82) is 0 Å². The molecule has 0 atom stereocenters. The van der Waals surface area contributed by atoms with Crippen LogP contribution in [0.5, 0.6) is 0 Å². The first-order valence-electron chi connectivity index (χ1n) is 7.35. The van der Waals surface area contributed by atoms with Crippen molar-refractivity contribution < 1.29 is 4.79 Å². The van der Waals surface area contributed by atoms with E-state index in [2.05, 4.69) is 53.1 Å². The molecular weight excluding hydrogens is 419 g/mol. The normalized spacial score (nSPS) is 10.5. The van der Waals surface area contributed by atoms with Gasteiger partial charge in [-0.1, -0.05) is 26.0 Å². The third-order valence-corrected chi connectivity index (χ3v) is 4.38. The minimum absolute atomic E-state index is 0.207. The van der Waals surface area contributed by atoms with Gasteiger partial charge in [0.1, 0.15) is 0 Å². The molecule has 0 aliphatic heterocycles. The minimum Gasteiger partial charge on any atom is -0.332 e. The SMILES string of the molecule is Cc1cc(I)ccc1NC(=S)NC(=O)c1ccc(C(C)C)cc1. The van der Waals surface area contributed by atoms with Gasteiger partial charge in [-0.05, 0) is 89.1 Å². The van der Waals surface area contributed by atoms with Crippen LogP contribution in [0.25, 0.3) is 0 Å². The maximum Gasteiger partial charge on any atom is 0.257 e. The van der Waals surface area contributed by atoms with Crippen LogP contribution in [0.2, 0.25) is 0 Å². The van der Waals surface area contributed by atoms with Crippen molar-refractivity contribution in [3.05, 3.63) is 62.7 Å². The van der Waals surface area contributed by atoms with Crippen molar-refractivity contribution in [3.63, 3.8) is 0 Å². The molecule has 2 rings (SSSR count). The van der Waals surface area contributed by atoms with Gasteiger partial charge in [0, 0.05) is 14.8 Å². The molecular formula is C18H19IN2OS. The summed E-state index contributed by atoms with van der Waals surface area (Å²) in [6.07, 6.45) is 0. The molecule has 23 heavy (non-hydrogen) atoms.